The van der Waals surface area contributed by atoms with Crippen LogP contribution in [0.25, 0.3) is 0 Å². The summed E-state index contributed by atoms with van der Waals surface area (Å²) in [5, 5.41) is 15.0. The van der Waals surface area contributed by atoms with E-state index < -0.39 is 12.0 Å². The number of para-hydroxylation sites is 1. The fourth-order valence-corrected chi connectivity index (χ4v) is 3.68. The second-order valence-electron chi connectivity index (χ2n) is 6.95. The SMILES string of the molecule is CC1=C(C(=O)OCc2ccccc2)C(c2cccc3c2OCCO3)n2nnnc2N1. The lowest BCUT2D eigenvalue weighted by Crippen LogP contribution is -2.30. The largest absolute Gasteiger partial charge is 0.486 e. The Balaban J connectivity index is 1.54. The standard InChI is InChI=1S/C21H19N5O4/c1-13-17(20(27)30-12-14-6-3-2-4-7-14)18(26-21(22-13)23-24-25-26)15-8-5-9-16-19(15)29-11-10-28-16/h2-9,18H,10-12H2,1H3,(H,22,23,25). The molecule has 0 aliphatic carbocycles. The van der Waals surface area contributed by atoms with Crippen LogP contribution in [0.1, 0.15) is 24.1 Å². The number of nitrogens with zero attached hydrogens (tertiary/aromatic N) is 4. The molecule has 9 nitrogen and oxygen atoms in total. The van der Waals surface area contributed by atoms with Crippen molar-refractivity contribution in [3.05, 3.63) is 70.9 Å². The number of aromatic nitrogens is 4. The Kier molecular flexibility index (Phi) is 4.55. The van der Waals surface area contributed by atoms with E-state index in [1.54, 1.807) is 11.6 Å². The topological polar surface area (TPSA) is 100 Å². The van der Waals surface area contributed by atoms with Gasteiger partial charge in [0, 0.05) is 11.3 Å². The fourth-order valence-electron chi connectivity index (χ4n) is 3.68. The van der Waals surface area contributed by atoms with Crippen molar-refractivity contribution in [2.75, 3.05) is 18.5 Å². The minimum absolute atomic E-state index is 0.165. The van der Waals surface area contributed by atoms with Crippen molar-refractivity contribution >= 4 is 11.9 Å². The number of nitrogens with one attached hydrogen (secondary N) is 1. The lowest BCUT2D eigenvalue weighted by Gasteiger charge is -2.30. The normalized spacial score (nSPS) is 17.2. The second-order valence-corrected chi connectivity index (χ2v) is 6.95. The van der Waals surface area contributed by atoms with Crippen LogP contribution in [-0.2, 0) is 16.1 Å². The Morgan fingerprint density at radius 3 is 2.87 bits per heavy atom. The summed E-state index contributed by atoms with van der Waals surface area (Å²) in [6, 6.07) is 14.5. The van der Waals surface area contributed by atoms with Crippen LogP contribution >= 0.6 is 0 Å². The molecular weight excluding hydrogens is 386 g/mol. The van der Waals surface area contributed by atoms with Crippen molar-refractivity contribution < 1.29 is 19.0 Å². The van der Waals surface area contributed by atoms with E-state index >= 15 is 0 Å². The van der Waals surface area contributed by atoms with Gasteiger partial charge in [0.15, 0.2) is 11.5 Å². The molecule has 0 saturated carbocycles. The minimum Gasteiger partial charge on any atom is -0.486 e. The van der Waals surface area contributed by atoms with Crippen molar-refractivity contribution in [1.29, 1.82) is 0 Å². The first kappa shape index (κ1) is 18.2. The summed E-state index contributed by atoms with van der Waals surface area (Å²) < 4.78 is 18.8. The highest BCUT2D eigenvalue weighted by Crippen LogP contribution is 2.43. The maximum Gasteiger partial charge on any atom is 0.338 e. The maximum atomic E-state index is 13.2. The lowest BCUT2D eigenvalue weighted by atomic mass is 9.94. The summed E-state index contributed by atoms with van der Waals surface area (Å²) in [6.07, 6.45) is 0. The number of benzene rings is 2. The average Bonchev–Trinajstić information content (AvgIpc) is 3.25. The highest BCUT2D eigenvalue weighted by atomic mass is 16.6. The Bertz CT molecular complexity index is 1130. The van der Waals surface area contributed by atoms with E-state index in [-0.39, 0.29) is 6.61 Å². The molecule has 3 aromatic rings. The lowest BCUT2D eigenvalue weighted by molar-refractivity contribution is -0.140. The Hall–Kier alpha value is -3.88. The van der Waals surface area contributed by atoms with Crippen LogP contribution in [0.15, 0.2) is 59.8 Å². The molecule has 2 aromatic carbocycles. The number of carbonyl (C=O) groups excluding carboxylic acids is 1. The zero-order valence-electron chi connectivity index (χ0n) is 16.2. The van der Waals surface area contributed by atoms with Gasteiger partial charge in [0.1, 0.15) is 25.9 Å². The van der Waals surface area contributed by atoms with Crippen LogP contribution in [-0.4, -0.2) is 39.4 Å². The van der Waals surface area contributed by atoms with Crippen LogP contribution < -0.4 is 14.8 Å². The molecule has 9 heteroatoms. The van der Waals surface area contributed by atoms with Crippen LogP contribution in [0.4, 0.5) is 5.95 Å². The van der Waals surface area contributed by atoms with E-state index in [4.69, 9.17) is 14.2 Å². The van der Waals surface area contributed by atoms with Crippen LogP contribution in [0.5, 0.6) is 11.5 Å². The number of ether oxygens (including phenoxy) is 3. The molecule has 1 unspecified atom stereocenters. The monoisotopic (exact) mass is 405 g/mol. The van der Waals surface area contributed by atoms with Gasteiger partial charge in [-0.3, -0.25) is 0 Å². The number of tetrazole rings is 1. The first-order chi connectivity index (χ1) is 14.7. The molecule has 0 amide bonds. The molecule has 0 saturated heterocycles. The first-order valence-corrected chi connectivity index (χ1v) is 9.57. The smallest absolute Gasteiger partial charge is 0.338 e. The molecule has 3 heterocycles. The summed E-state index contributed by atoms with van der Waals surface area (Å²) in [4.78, 5) is 13.2. The number of anilines is 1. The molecule has 1 atom stereocenters. The molecular formula is C21H19N5O4. The fraction of sp³-hybridized carbons (Fsp3) is 0.238. The van der Waals surface area contributed by atoms with Gasteiger partial charge in [-0.1, -0.05) is 47.6 Å². The maximum absolute atomic E-state index is 13.2. The molecule has 5 rings (SSSR count). The van der Waals surface area contributed by atoms with Gasteiger partial charge < -0.3 is 19.5 Å². The number of hydrogen-bond acceptors (Lipinski definition) is 8. The van der Waals surface area contributed by atoms with Crippen molar-refractivity contribution in [3.8, 4) is 11.5 Å². The van der Waals surface area contributed by atoms with Crippen LogP contribution in [0.2, 0.25) is 0 Å². The summed E-state index contributed by atoms with van der Waals surface area (Å²) in [5.41, 5.74) is 2.66. The summed E-state index contributed by atoms with van der Waals surface area (Å²) in [6.45, 7) is 2.86. The van der Waals surface area contributed by atoms with E-state index in [2.05, 4.69) is 20.8 Å². The molecule has 1 N–H and O–H groups in total. The van der Waals surface area contributed by atoms with Crippen molar-refractivity contribution in [2.24, 2.45) is 0 Å². The molecule has 0 spiro atoms. The van der Waals surface area contributed by atoms with Gasteiger partial charge in [-0.15, -0.1) is 0 Å². The highest BCUT2D eigenvalue weighted by molar-refractivity contribution is 5.92. The van der Waals surface area contributed by atoms with E-state index in [1.807, 2.05) is 48.5 Å². The number of fused-ring (bicyclic) bond motifs is 2. The number of esters is 1. The van der Waals surface area contributed by atoms with Crippen LogP contribution in [0, 0.1) is 0 Å². The second kappa shape index (κ2) is 7.51. The zero-order valence-corrected chi connectivity index (χ0v) is 16.2. The molecule has 1 aromatic heterocycles. The van der Waals surface area contributed by atoms with E-state index in [0.717, 1.165) is 11.1 Å². The van der Waals surface area contributed by atoms with Gasteiger partial charge in [0.2, 0.25) is 5.95 Å². The summed E-state index contributed by atoms with van der Waals surface area (Å²) in [5.74, 6) is 1.19. The third-order valence-electron chi connectivity index (χ3n) is 5.04. The molecule has 152 valence electrons. The van der Waals surface area contributed by atoms with Gasteiger partial charge in [0.25, 0.3) is 0 Å². The zero-order chi connectivity index (χ0) is 20.5. The molecule has 0 fully saturated rings. The van der Waals surface area contributed by atoms with Crippen molar-refractivity contribution in [2.45, 2.75) is 19.6 Å². The van der Waals surface area contributed by atoms with E-state index in [0.29, 0.717) is 41.9 Å². The number of carbonyl (C=O) groups is 1. The molecule has 0 radical (unpaired) electrons. The van der Waals surface area contributed by atoms with Gasteiger partial charge in [-0.05, 0) is 29.0 Å². The molecule has 2 aliphatic rings. The number of hydrogen-bond donors (Lipinski definition) is 1. The van der Waals surface area contributed by atoms with E-state index in [9.17, 15) is 4.79 Å². The number of rotatable bonds is 4. The molecule has 2 aliphatic heterocycles. The minimum atomic E-state index is -0.615. The van der Waals surface area contributed by atoms with Crippen molar-refractivity contribution in [3.63, 3.8) is 0 Å². The van der Waals surface area contributed by atoms with Gasteiger partial charge in [0.05, 0.1) is 5.57 Å². The predicted molar refractivity (Wildman–Crippen MR) is 106 cm³/mol. The molecule has 0 bridgehead atoms. The summed E-state index contributed by atoms with van der Waals surface area (Å²) in [7, 11) is 0. The Morgan fingerprint density at radius 1 is 1.17 bits per heavy atom. The average molecular weight is 405 g/mol. The van der Waals surface area contributed by atoms with E-state index in [1.165, 1.54) is 0 Å². The predicted octanol–water partition coefficient (Wildman–Crippen LogP) is 2.48. The van der Waals surface area contributed by atoms with Gasteiger partial charge in [-0.2, -0.15) is 4.68 Å². The first-order valence-electron chi connectivity index (χ1n) is 9.57. The van der Waals surface area contributed by atoms with Crippen molar-refractivity contribution in [1.82, 2.24) is 20.2 Å². The quantitative estimate of drug-likeness (QED) is 0.661. The molecule has 30 heavy (non-hydrogen) atoms. The number of allylic oxidation sites excluding steroid dienone is 1. The third kappa shape index (κ3) is 3.14. The highest BCUT2D eigenvalue weighted by Gasteiger charge is 2.37. The Labute approximate surface area is 172 Å². The van der Waals surface area contributed by atoms with Gasteiger partial charge >= 0.3 is 5.97 Å². The summed E-state index contributed by atoms with van der Waals surface area (Å²) >= 11 is 0. The van der Waals surface area contributed by atoms with Crippen LogP contribution in [0.3, 0.4) is 0 Å². The van der Waals surface area contributed by atoms with Gasteiger partial charge in [-0.25, -0.2) is 4.79 Å². The third-order valence-corrected chi connectivity index (χ3v) is 5.04. The Morgan fingerprint density at radius 2 is 2.00 bits per heavy atom.